The zero-order valence-electron chi connectivity index (χ0n) is 7.75. The molecule has 3 nitrogen and oxygen atoms in total. The van der Waals surface area contributed by atoms with Crippen molar-refractivity contribution in [3.63, 3.8) is 0 Å². The molecule has 2 aliphatic heterocycles. The zero-order valence-corrected chi connectivity index (χ0v) is 7.75. The van der Waals surface area contributed by atoms with Crippen molar-refractivity contribution in [2.24, 2.45) is 11.1 Å². The molecular formula is C9H18N2O. The second-order valence-corrected chi connectivity index (χ2v) is 4.30. The van der Waals surface area contributed by atoms with Gasteiger partial charge in [-0.3, -0.25) is 4.90 Å². The first kappa shape index (κ1) is 8.48. The molecule has 2 rings (SSSR count). The van der Waals surface area contributed by atoms with Crippen molar-refractivity contribution in [2.75, 3.05) is 32.8 Å². The molecule has 2 fully saturated rings. The largest absolute Gasteiger partial charge is 0.380 e. The fourth-order valence-corrected chi connectivity index (χ4v) is 2.01. The van der Waals surface area contributed by atoms with Crippen LogP contribution >= 0.6 is 0 Å². The van der Waals surface area contributed by atoms with Crippen molar-refractivity contribution in [2.45, 2.75) is 19.4 Å². The summed E-state index contributed by atoms with van der Waals surface area (Å²) in [7, 11) is 0. The van der Waals surface area contributed by atoms with E-state index < -0.39 is 0 Å². The summed E-state index contributed by atoms with van der Waals surface area (Å²) < 4.78 is 5.27. The van der Waals surface area contributed by atoms with E-state index in [2.05, 4.69) is 11.8 Å². The van der Waals surface area contributed by atoms with Gasteiger partial charge in [-0.05, 0) is 6.42 Å². The van der Waals surface area contributed by atoms with Crippen molar-refractivity contribution >= 4 is 0 Å². The summed E-state index contributed by atoms with van der Waals surface area (Å²) in [6, 6.07) is 0.430. The topological polar surface area (TPSA) is 38.5 Å². The van der Waals surface area contributed by atoms with Crippen LogP contribution in [0.3, 0.4) is 0 Å². The Kier molecular flexibility index (Phi) is 2.10. The number of nitrogens with zero attached hydrogens (tertiary/aromatic N) is 1. The Balaban J connectivity index is 1.77. The average molecular weight is 170 g/mol. The molecule has 2 saturated heterocycles. The van der Waals surface area contributed by atoms with Crippen LogP contribution in [0.2, 0.25) is 0 Å². The predicted octanol–water partition coefficient (Wildman–Crippen LogP) is 0.0559. The van der Waals surface area contributed by atoms with Crippen LogP contribution < -0.4 is 5.73 Å². The van der Waals surface area contributed by atoms with E-state index in [-0.39, 0.29) is 0 Å². The molecule has 0 bridgehead atoms. The number of rotatable bonds is 3. The van der Waals surface area contributed by atoms with E-state index in [0.717, 1.165) is 26.3 Å². The second-order valence-electron chi connectivity index (χ2n) is 4.30. The van der Waals surface area contributed by atoms with Crippen LogP contribution in [0, 0.1) is 5.41 Å². The van der Waals surface area contributed by atoms with E-state index >= 15 is 0 Å². The number of nitrogens with two attached hydrogens (primary N) is 1. The van der Waals surface area contributed by atoms with Gasteiger partial charge < -0.3 is 10.5 Å². The van der Waals surface area contributed by atoms with Gasteiger partial charge in [-0.25, -0.2) is 0 Å². The predicted molar refractivity (Wildman–Crippen MR) is 48.0 cm³/mol. The van der Waals surface area contributed by atoms with Gasteiger partial charge in [-0.15, -0.1) is 0 Å². The van der Waals surface area contributed by atoms with Crippen molar-refractivity contribution in [1.29, 1.82) is 0 Å². The Hall–Kier alpha value is -0.120. The van der Waals surface area contributed by atoms with Crippen LogP contribution in [0.4, 0.5) is 0 Å². The zero-order chi connectivity index (χ0) is 8.60. The van der Waals surface area contributed by atoms with E-state index in [1.165, 1.54) is 13.0 Å². The van der Waals surface area contributed by atoms with E-state index in [9.17, 15) is 0 Å². The molecular weight excluding hydrogens is 152 g/mol. The van der Waals surface area contributed by atoms with Gasteiger partial charge in [0.2, 0.25) is 0 Å². The van der Waals surface area contributed by atoms with Crippen LogP contribution in [0.1, 0.15) is 13.3 Å². The van der Waals surface area contributed by atoms with E-state index in [4.69, 9.17) is 10.5 Å². The number of hydrogen-bond donors (Lipinski definition) is 1. The first-order valence-corrected chi connectivity index (χ1v) is 4.80. The van der Waals surface area contributed by atoms with Gasteiger partial charge in [-0.1, -0.05) is 6.92 Å². The first-order valence-electron chi connectivity index (χ1n) is 4.80. The highest BCUT2D eigenvalue weighted by atomic mass is 16.5. The fourth-order valence-electron chi connectivity index (χ4n) is 2.01. The van der Waals surface area contributed by atoms with Crippen molar-refractivity contribution < 1.29 is 4.74 Å². The molecule has 12 heavy (non-hydrogen) atoms. The maximum Gasteiger partial charge on any atom is 0.0557 e. The molecule has 0 spiro atoms. The first-order chi connectivity index (χ1) is 5.74. The third-order valence-corrected chi connectivity index (χ3v) is 3.11. The van der Waals surface area contributed by atoms with Crippen LogP contribution in [0.25, 0.3) is 0 Å². The lowest BCUT2D eigenvalue weighted by molar-refractivity contribution is -0.135. The molecule has 0 amide bonds. The smallest absolute Gasteiger partial charge is 0.0557 e. The molecule has 0 unspecified atom stereocenters. The molecule has 0 saturated carbocycles. The molecule has 0 aromatic rings. The third kappa shape index (κ3) is 1.37. The minimum Gasteiger partial charge on any atom is -0.380 e. The van der Waals surface area contributed by atoms with Crippen molar-refractivity contribution in [3.05, 3.63) is 0 Å². The quantitative estimate of drug-likeness (QED) is 0.650. The minimum atomic E-state index is 0.430. The minimum absolute atomic E-state index is 0.430. The Morgan fingerprint density at radius 1 is 1.50 bits per heavy atom. The highest BCUT2D eigenvalue weighted by molar-refractivity contribution is 4.92. The normalized spacial score (nSPS) is 29.5. The van der Waals surface area contributed by atoms with Gasteiger partial charge in [0, 0.05) is 31.1 Å². The highest BCUT2D eigenvalue weighted by Crippen LogP contribution is 2.33. The Bertz CT molecular complexity index is 156. The van der Waals surface area contributed by atoms with E-state index in [0.29, 0.717) is 11.5 Å². The van der Waals surface area contributed by atoms with Gasteiger partial charge in [0.25, 0.3) is 0 Å². The van der Waals surface area contributed by atoms with Gasteiger partial charge in [0.05, 0.1) is 13.2 Å². The summed E-state index contributed by atoms with van der Waals surface area (Å²) in [5.41, 5.74) is 6.19. The van der Waals surface area contributed by atoms with Gasteiger partial charge >= 0.3 is 0 Å². The Labute approximate surface area is 73.9 Å². The second kappa shape index (κ2) is 2.98. The molecule has 0 aromatic heterocycles. The lowest BCUT2D eigenvalue weighted by atomic mass is 9.81. The molecule has 0 radical (unpaired) electrons. The third-order valence-electron chi connectivity index (χ3n) is 3.11. The summed E-state index contributed by atoms with van der Waals surface area (Å²) in [6.07, 6.45) is 1.23. The van der Waals surface area contributed by atoms with Gasteiger partial charge in [0.15, 0.2) is 0 Å². The number of hydrogen-bond acceptors (Lipinski definition) is 3. The van der Waals surface area contributed by atoms with E-state index in [1.54, 1.807) is 0 Å². The molecule has 2 N–H and O–H groups in total. The average Bonchev–Trinajstić information content (AvgIpc) is 1.92. The summed E-state index contributed by atoms with van der Waals surface area (Å²) in [4.78, 5) is 2.44. The molecule has 0 aliphatic carbocycles. The molecule has 0 aromatic carbocycles. The Morgan fingerprint density at radius 3 is 2.50 bits per heavy atom. The monoisotopic (exact) mass is 170 g/mol. The molecule has 3 heteroatoms. The fraction of sp³-hybridized carbons (Fsp3) is 1.00. The van der Waals surface area contributed by atoms with Crippen LogP contribution in [0.15, 0.2) is 0 Å². The molecule has 2 heterocycles. The van der Waals surface area contributed by atoms with Crippen LogP contribution in [0.5, 0.6) is 0 Å². The number of ether oxygens (including phenoxy) is 1. The van der Waals surface area contributed by atoms with Crippen LogP contribution in [-0.2, 0) is 4.74 Å². The molecule has 2 aliphatic rings. The summed E-state index contributed by atoms with van der Waals surface area (Å²) in [6.45, 7) is 7.52. The molecule has 0 atom stereocenters. The van der Waals surface area contributed by atoms with Crippen molar-refractivity contribution in [3.8, 4) is 0 Å². The lowest BCUT2D eigenvalue weighted by Crippen LogP contribution is -2.61. The highest BCUT2D eigenvalue weighted by Gasteiger charge is 2.40. The summed E-state index contributed by atoms with van der Waals surface area (Å²) >= 11 is 0. The standard InChI is InChI=1S/C9H18N2O/c1-2-9(6-12-7-9)5-11-3-8(10)4-11/h8H,2-7,10H2,1H3. The SMILES string of the molecule is CCC1(CN2CC(N)C2)COC1. The maximum absolute atomic E-state index is 5.72. The Morgan fingerprint density at radius 2 is 2.17 bits per heavy atom. The molecule has 70 valence electrons. The number of likely N-dealkylation sites (tertiary alicyclic amines) is 1. The van der Waals surface area contributed by atoms with Crippen LogP contribution in [-0.4, -0.2) is 43.8 Å². The maximum atomic E-state index is 5.72. The van der Waals surface area contributed by atoms with E-state index in [1.807, 2.05) is 0 Å². The van der Waals surface area contributed by atoms with Crippen molar-refractivity contribution in [1.82, 2.24) is 4.90 Å². The summed E-state index contributed by atoms with van der Waals surface area (Å²) in [5.74, 6) is 0. The van der Waals surface area contributed by atoms with Gasteiger partial charge in [0.1, 0.15) is 0 Å². The lowest BCUT2D eigenvalue weighted by Gasteiger charge is -2.48. The summed E-state index contributed by atoms with van der Waals surface area (Å²) in [5, 5.41) is 0. The van der Waals surface area contributed by atoms with Gasteiger partial charge in [-0.2, -0.15) is 0 Å².